The zero-order valence-corrected chi connectivity index (χ0v) is 8.71. The minimum absolute atomic E-state index is 0.151. The molecule has 0 saturated carbocycles. The van der Waals surface area contributed by atoms with Crippen molar-refractivity contribution < 1.29 is 18.3 Å². The van der Waals surface area contributed by atoms with Gasteiger partial charge in [-0.2, -0.15) is 0 Å². The third-order valence-corrected chi connectivity index (χ3v) is 2.39. The summed E-state index contributed by atoms with van der Waals surface area (Å²) in [5.74, 6) is -3.26. The lowest BCUT2D eigenvalue weighted by atomic mass is 10.2. The molecule has 0 aromatic carbocycles. The average Bonchev–Trinajstić information content (AvgIpc) is 2.49. The molecule has 1 rings (SSSR count). The molecule has 0 aromatic heterocycles. The van der Waals surface area contributed by atoms with Gasteiger partial charge in [-0.1, -0.05) is 0 Å². The minimum atomic E-state index is -2.81. The highest BCUT2D eigenvalue weighted by atomic mass is 19.3. The van der Waals surface area contributed by atoms with Crippen LogP contribution in [-0.4, -0.2) is 49.1 Å². The molecule has 15 heavy (non-hydrogen) atoms. The summed E-state index contributed by atoms with van der Waals surface area (Å²) in [6.45, 7) is 1.60. The van der Waals surface area contributed by atoms with E-state index in [1.165, 1.54) is 0 Å². The van der Waals surface area contributed by atoms with E-state index in [0.29, 0.717) is 6.61 Å². The molecule has 1 fully saturated rings. The first-order chi connectivity index (χ1) is 7.00. The van der Waals surface area contributed by atoms with Crippen molar-refractivity contribution in [3.63, 3.8) is 0 Å². The topological polar surface area (TPSA) is 55.6 Å². The molecular weight excluding hydrogens is 206 g/mol. The normalized spacial score (nSPS) is 24.5. The number of nitrogens with zero attached hydrogens (tertiary/aromatic N) is 1. The molecule has 1 atom stereocenters. The standard InChI is InChI=1S/C9H16F2N2O2/c1-2-15-5-7-3-9(10,11)6-13(7)8(14)4-12/h7H,2-6,12H2,1H3/t7-/m0/s1. The van der Waals surface area contributed by atoms with Gasteiger partial charge in [0.1, 0.15) is 0 Å². The Labute approximate surface area is 87.4 Å². The molecule has 0 aromatic rings. The van der Waals surface area contributed by atoms with Gasteiger partial charge in [0.15, 0.2) is 0 Å². The van der Waals surface area contributed by atoms with E-state index in [9.17, 15) is 13.6 Å². The number of halogens is 2. The Kier molecular flexibility index (Phi) is 3.98. The fraction of sp³-hybridized carbons (Fsp3) is 0.889. The lowest BCUT2D eigenvalue weighted by molar-refractivity contribution is -0.132. The molecule has 1 aliphatic rings. The Morgan fingerprint density at radius 2 is 2.33 bits per heavy atom. The highest BCUT2D eigenvalue weighted by Gasteiger charge is 2.46. The molecule has 0 spiro atoms. The Balaban J connectivity index is 2.61. The van der Waals surface area contributed by atoms with Gasteiger partial charge in [0, 0.05) is 13.0 Å². The van der Waals surface area contributed by atoms with Crippen molar-refractivity contribution in [1.29, 1.82) is 0 Å². The summed E-state index contributed by atoms with van der Waals surface area (Å²) in [4.78, 5) is 12.4. The first-order valence-corrected chi connectivity index (χ1v) is 4.95. The second kappa shape index (κ2) is 4.85. The van der Waals surface area contributed by atoms with Crippen molar-refractivity contribution in [1.82, 2.24) is 4.90 Å². The SMILES string of the molecule is CCOC[C@@H]1CC(F)(F)CN1C(=O)CN. The van der Waals surface area contributed by atoms with Gasteiger partial charge in [0.2, 0.25) is 5.91 Å². The van der Waals surface area contributed by atoms with E-state index in [2.05, 4.69) is 0 Å². The molecule has 1 amide bonds. The van der Waals surface area contributed by atoms with Crippen LogP contribution in [0.25, 0.3) is 0 Å². The van der Waals surface area contributed by atoms with E-state index < -0.39 is 24.4 Å². The molecule has 1 saturated heterocycles. The molecular formula is C9H16F2N2O2. The highest BCUT2D eigenvalue weighted by Crippen LogP contribution is 2.31. The zero-order valence-electron chi connectivity index (χ0n) is 8.71. The first-order valence-electron chi connectivity index (χ1n) is 4.95. The summed E-state index contributed by atoms with van der Waals surface area (Å²) in [6, 6.07) is -0.545. The van der Waals surface area contributed by atoms with E-state index in [4.69, 9.17) is 10.5 Å². The summed E-state index contributed by atoms with van der Waals surface area (Å²) in [6.07, 6.45) is -0.335. The molecule has 6 heteroatoms. The number of carbonyl (C=O) groups is 1. The fourth-order valence-electron chi connectivity index (χ4n) is 1.71. The second-order valence-electron chi connectivity index (χ2n) is 3.60. The van der Waals surface area contributed by atoms with Crippen LogP contribution in [0.3, 0.4) is 0 Å². The Morgan fingerprint density at radius 3 is 2.87 bits per heavy atom. The Morgan fingerprint density at radius 1 is 1.67 bits per heavy atom. The molecule has 1 aliphatic heterocycles. The van der Waals surface area contributed by atoms with Crippen LogP contribution in [0.15, 0.2) is 0 Å². The summed E-state index contributed by atoms with van der Waals surface area (Å²) in [7, 11) is 0. The zero-order chi connectivity index (χ0) is 11.5. The number of carbonyl (C=O) groups excluding carboxylic acids is 1. The van der Waals surface area contributed by atoms with E-state index in [-0.39, 0.29) is 19.6 Å². The summed E-state index contributed by atoms with van der Waals surface area (Å²) in [5.41, 5.74) is 5.15. The van der Waals surface area contributed by atoms with Gasteiger partial charge in [-0.25, -0.2) is 8.78 Å². The third kappa shape index (κ3) is 3.10. The van der Waals surface area contributed by atoms with E-state index in [1.807, 2.05) is 0 Å². The number of rotatable bonds is 4. The molecule has 88 valence electrons. The Bertz CT molecular complexity index is 236. The maximum atomic E-state index is 13.1. The highest BCUT2D eigenvalue weighted by molar-refractivity contribution is 5.78. The van der Waals surface area contributed by atoms with Crippen molar-refractivity contribution >= 4 is 5.91 Å². The number of nitrogens with two attached hydrogens (primary N) is 1. The van der Waals surface area contributed by atoms with Gasteiger partial charge >= 0.3 is 0 Å². The summed E-state index contributed by atoms with van der Waals surface area (Å²) >= 11 is 0. The quantitative estimate of drug-likeness (QED) is 0.740. The molecule has 0 bridgehead atoms. The second-order valence-corrected chi connectivity index (χ2v) is 3.60. The third-order valence-electron chi connectivity index (χ3n) is 2.39. The maximum Gasteiger partial charge on any atom is 0.267 e. The lowest BCUT2D eigenvalue weighted by Crippen LogP contribution is -2.42. The minimum Gasteiger partial charge on any atom is -0.380 e. The molecule has 4 nitrogen and oxygen atoms in total. The largest absolute Gasteiger partial charge is 0.380 e. The van der Waals surface area contributed by atoms with Gasteiger partial charge in [-0.3, -0.25) is 4.79 Å². The van der Waals surface area contributed by atoms with Crippen LogP contribution in [0, 0.1) is 0 Å². The van der Waals surface area contributed by atoms with Gasteiger partial charge in [0.25, 0.3) is 5.92 Å². The van der Waals surface area contributed by atoms with Crippen LogP contribution in [0.4, 0.5) is 8.78 Å². The fourth-order valence-corrected chi connectivity index (χ4v) is 1.71. The van der Waals surface area contributed by atoms with E-state index >= 15 is 0 Å². The first kappa shape index (κ1) is 12.3. The van der Waals surface area contributed by atoms with Gasteiger partial charge in [-0.15, -0.1) is 0 Å². The smallest absolute Gasteiger partial charge is 0.267 e. The monoisotopic (exact) mass is 222 g/mol. The summed E-state index contributed by atoms with van der Waals surface area (Å²) in [5, 5.41) is 0. The molecule has 0 unspecified atom stereocenters. The maximum absolute atomic E-state index is 13.1. The van der Waals surface area contributed by atoms with Gasteiger partial charge in [0.05, 0.1) is 25.7 Å². The number of alkyl halides is 2. The van der Waals surface area contributed by atoms with Crippen LogP contribution in [-0.2, 0) is 9.53 Å². The number of likely N-dealkylation sites (tertiary alicyclic amines) is 1. The average molecular weight is 222 g/mol. The van der Waals surface area contributed by atoms with E-state index in [0.717, 1.165) is 4.90 Å². The van der Waals surface area contributed by atoms with Crippen molar-refractivity contribution in [2.24, 2.45) is 5.73 Å². The van der Waals surface area contributed by atoms with Gasteiger partial charge < -0.3 is 15.4 Å². The van der Waals surface area contributed by atoms with Crippen LogP contribution in [0.5, 0.6) is 0 Å². The Hall–Kier alpha value is -0.750. The number of hydrogen-bond donors (Lipinski definition) is 1. The predicted molar refractivity (Wildman–Crippen MR) is 50.6 cm³/mol. The van der Waals surface area contributed by atoms with E-state index in [1.54, 1.807) is 6.92 Å². The molecule has 0 aliphatic carbocycles. The molecule has 0 radical (unpaired) electrons. The number of hydrogen-bond acceptors (Lipinski definition) is 3. The van der Waals surface area contributed by atoms with Crippen LogP contribution < -0.4 is 5.73 Å². The molecule has 2 N–H and O–H groups in total. The molecule has 1 heterocycles. The van der Waals surface area contributed by atoms with Crippen molar-refractivity contribution in [3.05, 3.63) is 0 Å². The van der Waals surface area contributed by atoms with Gasteiger partial charge in [-0.05, 0) is 6.92 Å². The van der Waals surface area contributed by atoms with Crippen molar-refractivity contribution in [2.45, 2.75) is 25.3 Å². The summed E-state index contributed by atoms with van der Waals surface area (Å²) < 4.78 is 31.2. The lowest BCUT2D eigenvalue weighted by Gasteiger charge is -2.22. The number of amides is 1. The predicted octanol–water partition coefficient (Wildman–Crippen LogP) is 0.218. The number of ether oxygens (including phenoxy) is 1. The van der Waals surface area contributed by atoms with Crippen LogP contribution in [0.2, 0.25) is 0 Å². The van der Waals surface area contributed by atoms with Crippen LogP contribution >= 0.6 is 0 Å². The van der Waals surface area contributed by atoms with Crippen molar-refractivity contribution in [2.75, 3.05) is 26.3 Å². The van der Waals surface area contributed by atoms with Crippen LogP contribution in [0.1, 0.15) is 13.3 Å². The van der Waals surface area contributed by atoms with Crippen molar-refractivity contribution in [3.8, 4) is 0 Å².